The second-order valence-electron chi connectivity index (χ2n) is 4.63. The van der Waals surface area contributed by atoms with E-state index in [1.54, 1.807) is 7.11 Å². The van der Waals surface area contributed by atoms with Crippen molar-refractivity contribution in [1.82, 2.24) is 5.32 Å². The molecular formula is C14H22N2O2. The molecule has 0 saturated heterocycles. The largest absolute Gasteiger partial charge is 0.497 e. The lowest BCUT2D eigenvalue weighted by atomic mass is 9.88. The van der Waals surface area contributed by atoms with Crippen molar-refractivity contribution in [1.29, 1.82) is 0 Å². The number of hydrogen-bond donors (Lipinski definition) is 2. The summed E-state index contributed by atoms with van der Waals surface area (Å²) in [5, 5.41) is 3.39. The standard InChI is InChI=1S/C14H22N2O2/c1-4-9-16-14(2,10-13(15)17)11-5-7-12(18-3)8-6-11/h5-8,16H,4,9-10H2,1-3H3,(H2,15,17). The van der Waals surface area contributed by atoms with Crippen molar-refractivity contribution in [2.24, 2.45) is 5.73 Å². The zero-order valence-electron chi connectivity index (χ0n) is 11.3. The second-order valence-corrected chi connectivity index (χ2v) is 4.63. The molecule has 4 nitrogen and oxygen atoms in total. The van der Waals surface area contributed by atoms with Crippen LogP contribution < -0.4 is 15.8 Å². The molecule has 0 spiro atoms. The molecule has 0 aliphatic heterocycles. The van der Waals surface area contributed by atoms with Crippen LogP contribution in [0.1, 0.15) is 32.3 Å². The number of ether oxygens (including phenoxy) is 1. The van der Waals surface area contributed by atoms with Crippen LogP contribution in [-0.2, 0) is 10.3 Å². The molecular weight excluding hydrogens is 228 g/mol. The molecule has 0 saturated carbocycles. The summed E-state index contributed by atoms with van der Waals surface area (Å²) in [7, 11) is 1.63. The van der Waals surface area contributed by atoms with Crippen LogP contribution in [0.2, 0.25) is 0 Å². The number of primary amides is 1. The summed E-state index contributed by atoms with van der Waals surface area (Å²) >= 11 is 0. The number of methoxy groups -OCH3 is 1. The van der Waals surface area contributed by atoms with Gasteiger partial charge in [-0.25, -0.2) is 0 Å². The van der Waals surface area contributed by atoms with Crippen LogP contribution in [0.15, 0.2) is 24.3 Å². The molecule has 0 fully saturated rings. The third kappa shape index (κ3) is 3.74. The maximum absolute atomic E-state index is 11.2. The third-order valence-corrected chi connectivity index (χ3v) is 3.02. The number of benzene rings is 1. The van der Waals surface area contributed by atoms with Crippen LogP contribution in [0.3, 0.4) is 0 Å². The van der Waals surface area contributed by atoms with E-state index in [4.69, 9.17) is 10.5 Å². The molecule has 0 heterocycles. The number of hydrogen-bond acceptors (Lipinski definition) is 3. The summed E-state index contributed by atoms with van der Waals surface area (Å²) in [5.41, 5.74) is 5.96. The summed E-state index contributed by atoms with van der Waals surface area (Å²) in [6.07, 6.45) is 1.28. The Hall–Kier alpha value is -1.55. The van der Waals surface area contributed by atoms with Gasteiger partial charge in [0, 0.05) is 12.0 Å². The van der Waals surface area contributed by atoms with Crippen LogP contribution in [0.4, 0.5) is 0 Å². The maximum atomic E-state index is 11.2. The molecule has 100 valence electrons. The lowest BCUT2D eigenvalue weighted by molar-refractivity contribution is -0.119. The van der Waals surface area contributed by atoms with E-state index in [1.807, 2.05) is 31.2 Å². The van der Waals surface area contributed by atoms with Crippen molar-refractivity contribution in [3.63, 3.8) is 0 Å². The topological polar surface area (TPSA) is 64.3 Å². The fourth-order valence-corrected chi connectivity index (χ4v) is 1.97. The Balaban J connectivity index is 2.95. The Morgan fingerprint density at radius 2 is 2.00 bits per heavy atom. The molecule has 1 atom stereocenters. The highest BCUT2D eigenvalue weighted by Crippen LogP contribution is 2.26. The summed E-state index contributed by atoms with van der Waals surface area (Å²) in [5.74, 6) is 0.493. The molecule has 1 amide bonds. The second kappa shape index (κ2) is 6.40. The highest BCUT2D eigenvalue weighted by molar-refractivity contribution is 5.75. The van der Waals surface area contributed by atoms with Gasteiger partial charge in [-0.2, -0.15) is 0 Å². The normalized spacial score (nSPS) is 13.9. The van der Waals surface area contributed by atoms with E-state index in [9.17, 15) is 4.79 Å². The molecule has 0 aromatic heterocycles. The van der Waals surface area contributed by atoms with Crippen molar-refractivity contribution < 1.29 is 9.53 Å². The van der Waals surface area contributed by atoms with Crippen molar-refractivity contribution >= 4 is 5.91 Å². The van der Waals surface area contributed by atoms with Crippen LogP contribution >= 0.6 is 0 Å². The first-order valence-electron chi connectivity index (χ1n) is 6.19. The van der Waals surface area contributed by atoms with Crippen molar-refractivity contribution in [3.8, 4) is 5.75 Å². The number of amides is 1. The zero-order valence-corrected chi connectivity index (χ0v) is 11.3. The third-order valence-electron chi connectivity index (χ3n) is 3.02. The van der Waals surface area contributed by atoms with Crippen LogP contribution in [0.5, 0.6) is 5.75 Å². The molecule has 0 aliphatic carbocycles. The Morgan fingerprint density at radius 3 is 2.44 bits per heavy atom. The fraction of sp³-hybridized carbons (Fsp3) is 0.500. The van der Waals surface area contributed by atoms with Gasteiger partial charge in [0.25, 0.3) is 0 Å². The van der Waals surface area contributed by atoms with Gasteiger partial charge in [-0.05, 0) is 37.6 Å². The molecule has 3 N–H and O–H groups in total. The van der Waals surface area contributed by atoms with Gasteiger partial charge in [-0.3, -0.25) is 4.79 Å². The first kappa shape index (κ1) is 14.5. The van der Waals surface area contributed by atoms with Gasteiger partial charge >= 0.3 is 0 Å². The van der Waals surface area contributed by atoms with Gasteiger partial charge in [0.1, 0.15) is 5.75 Å². The minimum atomic E-state index is -0.423. The van der Waals surface area contributed by atoms with Crippen LogP contribution in [0, 0.1) is 0 Å². The molecule has 4 heteroatoms. The fourth-order valence-electron chi connectivity index (χ4n) is 1.97. The zero-order chi connectivity index (χ0) is 13.6. The molecule has 0 bridgehead atoms. The SMILES string of the molecule is CCCNC(C)(CC(N)=O)c1ccc(OC)cc1. The van der Waals surface area contributed by atoms with Gasteiger partial charge in [0.15, 0.2) is 0 Å². The van der Waals surface area contributed by atoms with E-state index in [1.165, 1.54) is 0 Å². The molecule has 18 heavy (non-hydrogen) atoms. The smallest absolute Gasteiger partial charge is 0.219 e. The first-order valence-corrected chi connectivity index (χ1v) is 6.19. The number of rotatable bonds is 7. The minimum absolute atomic E-state index is 0.277. The highest BCUT2D eigenvalue weighted by Gasteiger charge is 2.27. The van der Waals surface area contributed by atoms with Crippen LogP contribution in [0.25, 0.3) is 0 Å². The number of carbonyl (C=O) groups excluding carboxylic acids is 1. The Morgan fingerprint density at radius 1 is 1.39 bits per heavy atom. The Labute approximate surface area is 109 Å². The van der Waals surface area contributed by atoms with Gasteiger partial charge in [0.2, 0.25) is 5.91 Å². The van der Waals surface area contributed by atoms with Crippen molar-refractivity contribution in [2.45, 2.75) is 32.2 Å². The van der Waals surface area contributed by atoms with Crippen LogP contribution in [-0.4, -0.2) is 19.6 Å². The van der Waals surface area contributed by atoms with E-state index in [-0.39, 0.29) is 12.3 Å². The van der Waals surface area contributed by atoms with E-state index >= 15 is 0 Å². The Kier molecular flexibility index (Phi) is 5.16. The highest BCUT2D eigenvalue weighted by atomic mass is 16.5. The quantitative estimate of drug-likeness (QED) is 0.775. The molecule has 0 radical (unpaired) electrons. The number of carbonyl (C=O) groups is 1. The predicted octanol–water partition coefficient (Wildman–Crippen LogP) is 1.79. The monoisotopic (exact) mass is 250 g/mol. The minimum Gasteiger partial charge on any atom is -0.497 e. The average Bonchev–Trinajstić information content (AvgIpc) is 2.35. The molecule has 1 aromatic rings. The first-order chi connectivity index (χ1) is 8.51. The van der Waals surface area contributed by atoms with Gasteiger partial charge < -0.3 is 15.8 Å². The number of nitrogens with two attached hydrogens (primary N) is 1. The lowest BCUT2D eigenvalue weighted by Crippen LogP contribution is -2.43. The van der Waals surface area contributed by atoms with Crippen molar-refractivity contribution in [2.75, 3.05) is 13.7 Å². The summed E-state index contributed by atoms with van der Waals surface area (Å²) < 4.78 is 5.13. The van der Waals surface area contributed by atoms with Gasteiger partial charge in [-0.1, -0.05) is 19.1 Å². The average molecular weight is 250 g/mol. The Bertz CT molecular complexity index is 389. The summed E-state index contributed by atoms with van der Waals surface area (Å²) in [4.78, 5) is 11.2. The summed E-state index contributed by atoms with van der Waals surface area (Å²) in [6, 6.07) is 7.71. The lowest BCUT2D eigenvalue weighted by Gasteiger charge is -2.30. The molecule has 1 aromatic carbocycles. The number of nitrogens with one attached hydrogen (secondary N) is 1. The van der Waals surface area contributed by atoms with Gasteiger partial charge in [0.05, 0.1) is 7.11 Å². The summed E-state index contributed by atoms with van der Waals surface area (Å²) in [6.45, 7) is 4.93. The van der Waals surface area contributed by atoms with E-state index in [2.05, 4.69) is 12.2 Å². The maximum Gasteiger partial charge on any atom is 0.219 e. The van der Waals surface area contributed by atoms with E-state index in [0.29, 0.717) is 0 Å². The van der Waals surface area contributed by atoms with E-state index in [0.717, 1.165) is 24.3 Å². The predicted molar refractivity (Wildman–Crippen MR) is 72.5 cm³/mol. The van der Waals surface area contributed by atoms with Gasteiger partial charge in [-0.15, -0.1) is 0 Å². The molecule has 1 rings (SSSR count). The molecule has 0 aliphatic rings. The molecule has 1 unspecified atom stereocenters. The van der Waals surface area contributed by atoms with E-state index < -0.39 is 5.54 Å². The van der Waals surface area contributed by atoms with Crippen molar-refractivity contribution in [3.05, 3.63) is 29.8 Å².